The highest BCUT2D eigenvalue weighted by molar-refractivity contribution is 6.31. The predicted molar refractivity (Wildman–Crippen MR) is 67.3 cm³/mol. The summed E-state index contributed by atoms with van der Waals surface area (Å²) < 4.78 is 4.57. The van der Waals surface area contributed by atoms with Gasteiger partial charge in [-0.05, 0) is 35.0 Å². The molecule has 0 amide bonds. The molecule has 0 saturated carbocycles. The number of carboxylic acid groups (broad SMARTS) is 1. The van der Waals surface area contributed by atoms with Gasteiger partial charge in [0.05, 0.1) is 18.2 Å². The molecule has 2 rings (SSSR count). The van der Waals surface area contributed by atoms with E-state index >= 15 is 0 Å². The zero-order chi connectivity index (χ0) is 13.3. The summed E-state index contributed by atoms with van der Waals surface area (Å²) in [6, 6.07) is 7.92. The van der Waals surface area contributed by atoms with Crippen molar-refractivity contribution < 1.29 is 19.4 Å². The standard InChI is InChI=1S/C13H9ClO4/c1-18-13(17)11-6-8-4-9(14)3-2-7(8)5-10(11)12(15)16/h2-6H,1H3,(H,15,16). The molecule has 0 aliphatic rings. The number of hydrogen-bond donors (Lipinski definition) is 1. The Labute approximate surface area is 108 Å². The third-order valence-corrected chi connectivity index (χ3v) is 2.81. The maximum atomic E-state index is 11.5. The average Bonchev–Trinajstić information content (AvgIpc) is 2.35. The first kappa shape index (κ1) is 12.4. The van der Waals surface area contributed by atoms with Gasteiger partial charge in [0, 0.05) is 5.02 Å². The molecule has 0 spiro atoms. The fourth-order valence-electron chi connectivity index (χ4n) is 1.72. The number of rotatable bonds is 2. The van der Waals surface area contributed by atoms with Gasteiger partial charge in [0.1, 0.15) is 0 Å². The molecule has 0 bridgehead atoms. The van der Waals surface area contributed by atoms with Crippen molar-refractivity contribution in [3.8, 4) is 0 Å². The largest absolute Gasteiger partial charge is 0.478 e. The molecule has 0 fully saturated rings. The minimum absolute atomic E-state index is 0.0137. The molecule has 0 aliphatic heterocycles. The molecule has 0 atom stereocenters. The van der Waals surface area contributed by atoms with Crippen molar-refractivity contribution in [3.63, 3.8) is 0 Å². The number of carbonyl (C=O) groups is 2. The van der Waals surface area contributed by atoms with Gasteiger partial charge in [-0.25, -0.2) is 9.59 Å². The van der Waals surface area contributed by atoms with E-state index in [0.717, 1.165) is 0 Å². The van der Waals surface area contributed by atoms with E-state index < -0.39 is 11.9 Å². The van der Waals surface area contributed by atoms with Gasteiger partial charge in [0.25, 0.3) is 0 Å². The number of aromatic carboxylic acids is 1. The van der Waals surface area contributed by atoms with Crippen LogP contribution in [0.4, 0.5) is 0 Å². The first-order valence-electron chi connectivity index (χ1n) is 5.08. The van der Waals surface area contributed by atoms with Crippen LogP contribution >= 0.6 is 11.6 Å². The maximum absolute atomic E-state index is 11.5. The summed E-state index contributed by atoms with van der Waals surface area (Å²) in [5, 5.41) is 11.0. The van der Waals surface area contributed by atoms with Gasteiger partial charge in [0.15, 0.2) is 0 Å². The molecular weight excluding hydrogens is 256 g/mol. The molecule has 4 nitrogen and oxygen atoms in total. The SMILES string of the molecule is COC(=O)c1cc2cc(Cl)ccc2cc1C(=O)O. The summed E-state index contributed by atoms with van der Waals surface area (Å²) in [6.45, 7) is 0. The monoisotopic (exact) mass is 264 g/mol. The molecule has 0 saturated heterocycles. The minimum atomic E-state index is -1.17. The number of halogens is 1. The van der Waals surface area contributed by atoms with E-state index in [9.17, 15) is 9.59 Å². The Bertz CT molecular complexity index is 649. The van der Waals surface area contributed by atoms with Crippen molar-refractivity contribution >= 4 is 34.3 Å². The second kappa shape index (κ2) is 4.66. The first-order chi connectivity index (χ1) is 8.52. The number of hydrogen-bond acceptors (Lipinski definition) is 3. The van der Waals surface area contributed by atoms with Crippen LogP contribution in [0, 0.1) is 0 Å². The van der Waals surface area contributed by atoms with Crippen LogP contribution in [0.1, 0.15) is 20.7 Å². The van der Waals surface area contributed by atoms with Crippen LogP contribution in [-0.2, 0) is 4.74 Å². The Kier molecular flexibility index (Phi) is 3.21. The Morgan fingerprint density at radius 3 is 2.39 bits per heavy atom. The van der Waals surface area contributed by atoms with E-state index in [-0.39, 0.29) is 11.1 Å². The number of esters is 1. The first-order valence-corrected chi connectivity index (χ1v) is 5.45. The number of fused-ring (bicyclic) bond motifs is 1. The molecule has 18 heavy (non-hydrogen) atoms. The molecule has 2 aromatic rings. The zero-order valence-electron chi connectivity index (χ0n) is 9.44. The highest BCUT2D eigenvalue weighted by Crippen LogP contribution is 2.24. The highest BCUT2D eigenvalue weighted by atomic mass is 35.5. The van der Waals surface area contributed by atoms with Crippen LogP contribution in [-0.4, -0.2) is 24.2 Å². The van der Waals surface area contributed by atoms with Crippen molar-refractivity contribution in [2.75, 3.05) is 7.11 Å². The van der Waals surface area contributed by atoms with Crippen molar-refractivity contribution in [2.24, 2.45) is 0 Å². The van der Waals surface area contributed by atoms with Crippen LogP contribution < -0.4 is 0 Å². The summed E-state index contributed by atoms with van der Waals surface area (Å²) >= 11 is 5.85. The Hall–Kier alpha value is -2.07. The highest BCUT2D eigenvalue weighted by Gasteiger charge is 2.18. The maximum Gasteiger partial charge on any atom is 0.338 e. The van der Waals surface area contributed by atoms with Crippen molar-refractivity contribution in [1.29, 1.82) is 0 Å². The van der Waals surface area contributed by atoms with Crippen molar-refractivity contribution in [1.82, 2.24) is 0 Å². The van der Waals surface area contributed by atoms with Crippen LogP contribution in [0.25, 0.3) is 10.8 Å². The van der Waals surface area contributed by atoms with Crippen LogP contribution in [0.5, 0.6) is 0 Å². The second-order valence-corrected chi connectivity index (χ2v) is 4.12. The lowest BCUT2D eigenvalue weighted by Crippen LogP contribution is -2.10. The summed E-state index contributed by atoms with van der Waals surface area (Å²) in [4.78, 5) is 22.7. The summed E-state index contributed by atoms with van der Waals surface area (Å²) in [6.07, 6.45) is 0. The second-order valence-electron chi connectivity index (χ2n) is 3.69. The summed E-state index contributed by atoms with van der Waals surface area (Å²) in [5.41, 5.74) is -0.0727. The van der Waals surface area contributed by atoms with Gasteiger partial charge in [-0.2, -0.15) is 0 Å². The number of carbonyl (C=O) groups excluding carboxylic acids is 1. The minimum Gasteiger partial charge on any atom is -0.478 e. The summed E-state index contributed by atoms with van der Waals surface area (Å²) in [5.74, 6) is -1.86. The molecular formula is C13H9ClO4. The van der Waals surface area contributed by atoms with Gasteiger partial charge >= 0.3 is 11.9 Å². The normalized spacial score (nSPS) is 10.3. The van der Waals surface area contributed by atoms with Gasteiger partial charge < -0.3 is 9.84 Å². The molecule has 0 unspecified atom stereocenters. The van der Waals surface area contributed by atoms with Gasteiger partial charge in [-0.15, -0.1) is 0 Å². The Balaban J connectivity index is 2.76. The quantitative estimate of drug-likeness (QED) is 0.847. The van der Waals surface area contributed by atoms with Crippen LogP contribution in [0.15, 0.2) is 30.3 Å². The van der Waals surface area contributed by atoms with E-state index in [4.69, 9.17) is 16.7 Å². The van der Waals surface area contributed by atoms with E-state index in [0.29, 0.717) is 15.8 Å². The van der Waals surface area contributed by atoms with Gasteiger partial charge in [-0.3, -0.25) is 0 Å². The predicted octanol–water partition coefficient (Wildman–Crippen LogP) is 2.98. The van der Waals surface area contributed by atoms with Crippen molar-refractivity contribution in [3.05, 3.63) is 46.5 Å². The van der Waals surface area contributed by atoms with Gasteiger partial charge in [-0.1, -0.05) is 17.7 Å². The van der Waals surface area contributed by atoms with Crippen LogP contribution in [0.2, 0.25) is 5.02 Å². The smallest absolute Gasteiger partial charge is 0.338 e. The molecule has 0 aliphatic carbocycles. The summed E-state index contributed by atoms with van der Waals surface area (Å²) in [7, 11) is 1.20. The van der Waals surface area contributed by atoms with Crippen molar-refractivity contribution in [2.45, 2.75) is 0 Å². The number of methoxy groups -OCH3 is 1. The molecule has 0 aromatic heterocycles. The number of benzene rings is 2. The molecule has 0 radical (unpaired) electrons. The molecule has 5 heteroatoms. The Morgan fingerprint density at radius 2 is 1.78 bits per heavy atom. The van der Waals surface area contributed by atoms with E-state index in [2.05, 4.69) is 4.74 Å². The van der Waals surface area contributed by atoms with E-state index in [1.165, 1.54) is 19.2 Å². The lowest BCUT2D eigenvalue weighted by molar-refractivity contribution is 0.0583. The van der Waals surface area contributed by atoms with E-state index in [1.54, 1.807) is 18.2 Å². The molecule has 1 N–H and O–H groups in total. The molecule has 2 aromatic carbocycles. The van der Waals surface area contributed by atoms with E-state index in [1.807, 2.05) is 0 Å². The fourth-order valence-corrected chi connectivity index (χ4v) is 1.90. The van der Waals surface area contributed by atoms with Gasteiger partial charge in [0.2, 0.25) is 0 Å². The lowest BCUT2D eigenvalue weighted by atomic mass is 10.0. The fraction of sp³-hybridized carbons (Fsp3) is 0.0769. The molecule has 0 heterocycles. The average molecular weight is 265 g/mol. The molecule has 92 valence electrons. The zero-order valence-corrected chi connectivity index (χ0v) is 10.2. The number of carboxylic acids is 1. The third-order valence-electron chi connectivity index (χ3n) is 2.57. The topological polar surface area (TPSA) is 63.6 Å². The Morgan fingerprint density at radius 1 is 1.11 bits per heavy atom. The number of ether oxygens (including phenoxy) is 1. The van der Waals surface area contributed by atoms with Crippen LogP contribution in [0.3, 0.4) is 0 Å². The third kappa shape index (κ3) is 2.15. The lowest BCUT2D eigenvalue weighted by Gasteiger charge is -2.07.